The van der Waals surface area contributed by atoms with Crippen molar-refractivity contribution in [1.82, 2.24) is 20.2 Å². The van der Waals surface area contributed by atoms with Crippen LogP contribution in [0.5, 0.6) is 0 Å². The predicted octanol–water partition coefficient (Wildman–Crippen LogP) is 4.02. The molecule has 25 heavy (non-hydrogen) atoms. The summed E-state index contributed by atoms with van der Waals surface area (Å²) in [7, 11) is 0. The fraction of sp³-hybridized carbons (Fsp3) is 0.211. The van der Waals surface area contributed by atoms with Crippen LogP contribution in [0.3, 0.4) is 0 Å². The quantitative estimate of drug-likeness (QED) is 0.706. The van der Waals surface area contributed by atoms with Crippen molar-refractivity contribution in [3.63, 3.8) is 0 Å². The Kier molecular flexibility index (Phi) is 4.46. The molecule has 0 aliphatic carbocycles. The van der Waals surface area contributed by atoms with Crippen molar-refractivity contribution in [2.24, 2.45) is 0 Å². The van der Waals surface area contributed by atoms with Crippen molar-refractivity contribution in [3.8, 4) is 0 Å². The zero-order valence-corrected chi connectivity index (χ0v) is 15.4. The van der Waals surface area contributed by atoms with Crippen LogP contribution >= 0.6 is 23.6 Å². The number of hydrogen-bond donors (Lipinski definition) is 1. The Labute approximate surface area is 156 Å². The van der Waals surface area contributed by atoms with Crippen LogP contribution in [0.2, 0.25) is 0 Å². The van der Waals surface area contributed by atoms with Crippen molar-refractivity contribution < 1.29 is 0 Å². The highest BCUT2D eigenvalue weighted by atomic mass is 32.1. The lowest BCUT2D eigenvalue weighted by Gasteiger charge is -2.26. The van der Waals surface area contributed by atoms with Crippen LogP contribution in [0.15, 0.2) is 60.9 Å². The Hall–Kier alpha value is -2.31. The van der Waals surface area contributed by atoms with Crippen LogP contribution in [-0.2, 0) is 6.54 Å². The summed E-state index contributed by atoms with van der Waals surface area (Å²) in [4.78, 5) is 13.8. The van der Waals surface area contributed by atoms with Gasteiger partial charge in [-0.25, -0.2) is 0 Å². The van der Waals surface area contributed by atoms with E-state index in [2.05, 4.69) is 45.3 Å². The second-order valence-electron chi connectivity index (χ2n) is 6.02. The van der Waals surface area contributed by atoms with Crippen LogP contribution in [-0.4, -0.2) is 20.0 Å². The van der Waals surface area contributed by atoms with Gasteiger partial charge in [0.05, 0.1) is 30.0 Å². The second kappa shape index (κ2) is 6.90. The van der Waals surface area contributed by atoms with Crippen molar-refractivity contribution in [2.45, 2.75) is 25.6 Å². The summed E-state index contributed by atoms with van der Waals surface area (Å²) in [6, 6.07) is 16.5. The van der Waals surface area contributed by atoms with Gasteiger partial charge in [0.25, 0.3) is 0 Å². The number of aromatic nitrogens is 2. The van der Waals surface area contributed by atoms with Gasteiger partial charge < -0.3 is 10.2 Å². The summed E-state index contributed by atoms with van der Waals surface area (Å²) in [6.45, 7) is 2.81. The number of thiocarbonyl (C=S) groups is 1. The molecule has 1 saturated heterocycles. The number of pyridine rings is 2. The molecule has 1 fully saturated rings. The summed E-state index contributed by atoms with van der Waals surface area (Å²) < 4.78 is 0. The summed E-state index contributed by atoms with van der Waals surface area (Å²) in [6.07, 6.45) is 3.65. The van der Waals surface area contributed by atoms with Crippen LogP contribution in [0.4, 0.5) is 0 Å². The smallest absolute Gasteiger partial charge is 0.170 e. The van der Waals surface area contributed by atoms with Gasteiger partial charge in [0.2, 0.25) is 0 Å². The van der Waals surface area contributed by atoms with E-state index < -0.39 is 0 Å². The van der Waals surface area contributed by atoms with Gasteiger partial charge in [-0.2, -0.15) is 0 Å². The van der Waals surface area contributed by atoms with Gasteiger partial charge in [-0.3, -0.25) is 9.97 Å². The number of nitrogens with one attached hydrogen (secondary N) is 1. The molecule has 0 radical (unpaired) electrons. The van der Waals surface area contributed by atoms with E-state index in [9.17, 15) is 0 Å². The van der Waals surface area contributed by atoms with Crippen molar-refractivity contribution in [3.05, 3.63) is 82.1 Å². The fourth-order valence-electron chi connectivity index (χ4n) is 3.16. The van der Waals surface area contributed by atoms with E-state index in [4.69, 9.17) is 12.2 Å². The van der Waals surface area contributed by atoms with E-state index >= 15 is 0 Å². The Morgan fingerprint density at radius 1 is 1.08 bits per heavy atom. The van der Waals surface area contributed by atoms with Gasteiger partial charge in [-0.05, 0) is 55.5 Å². The molecule has 1 aliphatic rings. The first kappa shape index (κ1) is 16.2. The number of rotatable bonds is 4. The number of nitrogens with zero attached hydrogens (tertiary/aromatic N) is 3. The minimum absolute atomic E-state index is 0.0375. The minimum atomic E-state index is 0.0375. The highest BCUT2D eigenvalue weighted by Gasteiger charge is 2.40. The molecule has 126 valence electrons. The largest absolute Gasteiger partial charge is 0.352 e. The number of aryl methyl sites for hydroxylation is 1. The van der Waals surface area contributed by atoms with E-state index in [0.29, 0.717) is 6.54 Å². The molecule has 3 aromatic rings. The normalized spacial score (nSPS) is 19.9. The first-order valence-corrected chi connectivity index (χ1v) is 9.39. The van der Waals surface area contributed by atoms with E-state index in [0.717, 1.165) is 16.5 Å². The van der Waals surface area contributed by atoms with Crippen LogP contribution in [0, 0.1) is 6.92 Å². The summed E-state index contributed by atoms with van der Waals surface area (Å²) in [5.41, 5.74) is 2.01. The molecule has 0 amide bonds. The van der Waals surface area contributed by atoms with Crippen molar-refractivity contribution in [1.29, 1.82) is 0 Å². The first-order valence-electron chi connectivity index (χ1n) is 8.16. The second-order valence-corrected chi connectivity index (χ2v) is 7.73. The third-order valence-electron chi connectivity index (χ3n) is 4.31. The predicted molar refractivity (Wildman–Crippen MR) is 104 cm³/mol. The van der Waals surface area contributed by atoms with Gasteiger partial charge in [0.15, 0.2) is 5.11 Å². The third-order valence-corrected chi connectivity index (χ3v) is 5.73. The number of hydrogen-bond acceptors (Lipinski definition) is 4. The van der Waals surface area contributed by atoms with Gasteiger partial charge >= 0.3 is 0 Å². The fourth-order valence-corrected chi connectivity index (χ4v) is 4.50. The lowest BCUT2D eigenvalue weighted by molar-refractivity contribution is 0.312. The molecule has 0 saturated carbocycles. The SMILES string of the molecule is Cc1ccc([C@@H]2[C@@H](c3ccccn3)NC(=S)N2Cc2ccccn2)s1. The van der Waals surface area contributed by atoms with Gasteiger partial charge in [0.1, 0.15) is 0 Å². The Morgan fingerprint density at radius 3 is 2.52 bits per heavy atom. The standard InChI is InChI=1S/C19H18N4S2/c1-13-8-9-16(25-13)18-17(15-7-3-5-11-21-15)22-19(24)23(18)12-14-6-2-4-10-20-14/h2-11,17-18H,12H2,1H3,(H,22,24)/t17-,18-/m1/s1. The molecule has 0 unspecified atom stereocenters. The average Bonchev–Trinajstić information content (AvgIpc) is 3.20. The Bertz CT molecular complexity index is 863. The molecule has 6 heteroatoms. The summed E-state index contributed by atoms with van der Waals surface area (Å²) in [5.74, 6) is 0. The van der Waals surface area contributed by atoms with Crippen LogP contribution < -0.4 is 5.32 Å². The summed E-state index contributed by atoms with van der Waals surface area (Å²) in [5, 5.41) is 4.22. The monoisotopic (exact) mass is 366 g/mol. The molecule has 4 heterocycles. The van der Waals surface area contributed by atoms with Gasteiger partial charge in [0, 0.05) is 22.1 Å². The Morgan fingerprint density at radius 2 is 1.88 bits per heavy atom. The van der Waals surface area contributed by atoms with Gasteiger partial charge in [-0.1, -0.05) is 12.1 Å². The molecule has 4 rings (SSSR count). The maximum Gasteiger partial charge on any atom is 0.170 e. The molecule has 0 spiro atoms. The molecule has 0 bridgehead atoms. The molecule has 0 aromatic carbocycles. The highest BCUT2D eigenvalue weighted by Crippen LogP contribution is 2.41. The zero-order valence-electron chi connectivity index (χ0n) is 13.8. The average molecular weight is 367 g/mol. The van der Waals surface area contributed by atoms with E-state index in [1.165, 1.54) is 9.75 Å². The third kappa shape index (κ3) is 3.27. The lowest BCUT2D eigenvalue weighted by Crippen LogP contribution is -2.29. The molecular formula is C19H18N4S2. The van der Waals surface area contributed by atoms with Gasteiger partial charge in [-0.15, -0.1) is 11.3 Å². The summed E-state index contributed by atoms with van der Waals surface area (Å²) >= 11 is 7.47. The topological polar surface area (TPSA) is 41.1 Å². The van der Waals surface area contributed by atoms with Crippen molar-refractivity contribution >= 4 is 28.7 Å². The maximum absolute atomic E-state index is 5.66. The minimum Gasteiger partial charge on any atom is -0.352 e. The van der Waals surface area contributed by atoms with E-state index in [1.807, 2.05) is 54.1 Å². The molecule has 1 N–H and O–H groups in total. The first-order chi connectivity index (χ1) is 12.2. The van der Waals surface area contributed by atoms with E-state index in [-0.39, 0.29) is 12.1 Å². The van der Waals surface area contributed by atoms with E-state index in [1.54, 1.807) is 0 Å². The maximum atomic E-state index is 5.66. The molecule has 4 nitrogen and oxygen atoms in total. The molecule has 1 aliphatic heterocycles. The molecule has 3 aromatic heterocycles. The van der Waals surface area contributed by atoms with Crippen molar-refractivity contribution in [2.75, 3.05) is 0 Å². The molecule has 2 atom stereocenters. The lowest BCUT2D eigenvalue weighted by atomic mass is 10.0. The van der Waals surface area contributed by atoms with Crippen LogP contribution in [0.1, 0.15) is 33.2 Å². The number of thiophene rings is 1. The van der Waals surface area contributed by atoms with Crippen LogP contribution in [0.25, 0.3) is 0 Å². The highest BCUT2D eigenvalue weighted by molar-refractivity contribution is 7.80. The Balaban J connectivity index is 1.72. The molecular weight excluding hydrogens is 348 g/mol. The zero-order chi connectivity index (χ0) is 17.2.